The predicted molar refractivity (Wildman–Crippen MR) is 75.1 cm³/mol. The lowest BCUT2D eigenvalue weighted by atomic mass is 9.78. The highest BCUT2D eigenvalue weighted by Gasteiger charge is 2.28. The maximum absolute atomic E-state index is 11.9. The average molecular weight is 297 g/mol. The normalized spacial score (nSPS) is 28.7. The van der Waals surface area contributed by atoms with Crippen LogP contribution in [-0.4, -0.2) is 37.7 Å². The molecule has 2 rings (SSSR count). The number of hydrogen-bond donors (Lipinski definition) is 1. The SMILES string of the molecule is C[C@@H]1[C@H](C)CCC[C@H]1NC(=O)COC(=O)C1=COCCO1. The molecule has 1 fully saturated rings. The topological polar surface area (TPSA) is 73.9 Å². The molecular formula is C15H23NO5. The Labute approximate surface area is 124 Å². The molecule has 0 spiro atoms. The molecule has 3 atom stereocenters. The van der Waals surface area contributed by atoms with E-state index in [0.29, 0.717) is 25.0 Å². The summed E-state index contributed by atoms with van der Waals surface area (Å²) < 4.78 is 15.0. The van der Waals surface area contributed by atoms with E-state index in [1.54, 1.807) is 0 Å². The molecule has 118 valence electrons. The number of hydrogen-bond acceptors (Lipinski definition) is 5. The number of esters is 1. The predicted octanol–water partition coefficient (Wildman–Crippen LogP) is 1.36. The van der Waals surface area contributed by atoms with Crippen molar-refractivity contribution in [2.45, 2.75) is 39.2 Å². The molecule has 0 aromatic carbocycles. The van der Waals surface area contributed by atoms with Crippen LogP contribution in [0.3, 0.4) is 0 Å². The van der Waals surface area contributed by atoms with Gasteiger partial charge in [0.25, 0.3) is 5.91 Å². The van der Waals surface area contributed by atoms with Crippen LogP contribution >= 0.6 is 0 Å². The molecule has 0 saturated heterocycles. The molecule has 6 heteroatoms. The smallest absolute Gasteiger partial charge is 0.377 e. The monoisotopic (exact) mass is 297 g/mol. The molecule has 0 aromatic heterocycles. The molecule has 1 aliphatic heterocycles. The summed E-state index contributed by atoms with van der Waals surface area (Å²) in [6, 6.07) is 0.161. The second-order valence-corrected chi connectivity index (χ2v) is 5.72. The quantitative estimate of drug-likeness (QED) is 0.793. The van der Waals surface area contributed by atoms with E-state index in [0.717, 1.165) is 12.8 Å². The van der Waals surface area contributed by atoms with Crippen LogP contribution in [0.5, 0.6) is 0 Å². The zero-order chi connectivity index (χ0) is 15.2. The lowest BCUT2D eigenvalue weighted by Crippen LogP contribution is -2.45. The van der Waals surface area contributed by atoms with Gasteiger partial charge in [-0.1, -0.05) is 26.7 Å². The van der Waals surface area contributed by atoms with Crippen LogP contribution in [-0.2, 0) is 23.8 Å². The van der Waals surface area contributed by atoms with Crippen LogP contribution in [0.25, 0.3) is 0 Å². The van der Waals surface area contributed by atoms with E-state index in [2.05, 4.69) is 19.2 Å². The minimum atomic E-state index is -0.671. The van der Waals surface area contributed by atoms with Crippen LogP contribution < -0.4 is 5.32 Å². The molecule has 6 nitrogen and oxygen atoms in total. The first-order valence-electron chi connectivity index (χ1n) is 7.49. The van der Waals surface area contributed by atoms with Gasteiger partial charge in [0.05, 0.1) is 0 Å². The van der Waals surface area contributed by atoms with Gasteiger partial charge in [0.2, 0.25) is 5.76 Å². The molecule has 0 radical (unpaired) electrons. The number of ether oxygens (including phenoxy) is 3. The van der Waals surface area contributed by atoms with Crippen molar-refractivity contribution in [2.24, 2.45) is 11.8 Å². The lowest BCUT2D eigenvalue weighted by molar-refractivity contribution is -0.149. The van der Waals surface area contributed by atoms with E-state index in [4.69, 9.17) is 14.2 Å². The molecule has 0 unspecified atom stereocenters. The largest absolute Gasteiger partial charge is 0.493 e. The first kappa shape index (κ1) is 15.7. The van der Waals surface area contributed by atoms with Crippen LogP contribution in [0, 0.1) is 11.8 Å². The number of carbonyl (C=O) groups excluding carboxylic acids is 2. The van der Waals surface area contributed by atoms with Crippen molar-refractivity contribution in [3.63, 3.8) is 0 Å². The van der Waals surface area contributed by atoms with Gasteiger partial charge in [-0.3, -0.25) is 4.79 Å². The average Bonchev–Trinajstić information content (AvgIpc) is 2.50. The summed E-state index contributed by atoms with van der Waals surface area (Å²) in [5, 5.41) is 2.95. The maximum Gasteiger partial charge on any atom is 0.377 e. The summed E-state index contributed by atoms with van der Waals surface area (Å²) in [6.45, 7) is 4.78. The Balaban J connectivity index is 1.74. The van der Waals surface area contributed by atoms with Crippen molar-refractivity contribution in [3.8, 4) is 0 Å². The third-order valence-corrected chi connectivity index (χ3v) is 4.24. The Morgan fingerprint density at radius 3 is 2.86 bits per heavy atom. The summed E-state index contributed by atoms with van der Waals surface area (Å²) in [7, 11) is 0. The molecule has 1 saturated carbocycles. The molecule has 1 heterocycles. The third-order valence-electron chi connectivity index (χ3n) is 4.24. The fourth-order valence-electron chi connectivity index (χ4n) is 2.71. The van der Waals surface area contributed by atoms with Crippen molar-refractivity contribution in [3.05, 3.63) is 12.0 Å². The van der Waals surface area contributed by atoms with Gasteiger partial charge in [-0.15, -0.1) is 0 Å². The number of rotatable bonds is 4. The maximum atomic E-state index is 11.9. The van der Waals surface area contributed by atoms with Gasteiger partial charge in [-0.2, -0.15) is 0 Å². The molecule has 21 heavy (non-hydrogen) atoms. The van der Waals surface area contributed by atoms with Crippen LogP contribution in [0.1, 0.15) is 33.1 Å². The van der Waals surface area contributed by atoms with Gasteiger partial charge in [-0.05, 0) is 18.3 Å². The summed E-state index contributed by atoms with van der Waals surface area (Å²) in [6.07, 6.45) is 4.52. The van der Waals surface area contributed by atoms with E-state index in [1.807, 2.05) is 0 Å². The Kier molecular flexibility index (Phi) is 5.47. The van der Waals surface area contributed by atoms with Gasteiger partial charge < -0.3 is 19.5 Å². The minimum Gasteiger partial charge on any atom is -0.493 e. The zero-order valence-corrected chi connectivity index (χ0v) is 12.6. The zero-order valence-electron chi connectivity index (χ0n) is 12.6. The van der Waals surface area contributed by atoms with Gasteiger partial charge in [0, 0.05) is 6.04 Å². The van der Waals surface area contributed by atoms with Crippen molar-refractivity contribution in [1.82, 2.24) is 5.32 Å². The Morgan fingerprint density at radius 1 is 1.33 bits per heavy atom. The fourth-order valence-corrected chi connectivity index (χ4v) is 2.71. The van der Waals surface area contributed by atoms with E-state index < -0.39 is 5.97 Å². The van der Waals surface area contributed by atoms with E-state index in [-0.39, 0.29) is 24.3 Å². The van der Waals surface area contributed by atoms with Crippen molar-refractivity contribution in [1.29, 1.82) is 0 Å². The first-order chi connectivity index (χ1) is 10.1. The highest BCUT2D eigenvalue weighted by atomic mass is 16.6. The third kappa shape index (κ3) is 4.37. The standard InChI is InChI=1S/C15H23NO5/c1-10-4-3-5-12(11(10)2)16-14(17)9-21-15(18)13-8-19-6-7-20-13/h8,10-12H,3-7,9H2,1-2H3,(H,16,17)/t10-,11-,12-/m1/s1. The van der Waals surface area contributed by atoms with Crippen LogP contribution in [0.2, 0.25) is 0 Å². The fraction of sp³-hybridized carbons (Fsp3) is 0.733. The van der Waals surface area contributed by atoms with Crippen molar-refractivity contribution in [2.75, 3.05) is 19.8 Å². The molecule has 1 N–H and O–H groups in total. The summed E-state index contributed by atoms with van der Waals surface area (Å²) in [5.41, 5.74) is 0. The lowest BCUT2D eigenvalue weighted by Gasteiger charge is -2.34. The summed E-state index contributed by atoms with van der Waals surface area (Å²) >= 11 is 0. The first-order valence-corrected chi connectivity index (χ1v) is 7.49. The second-order valence-electron chi connectivity index (χ2n) is 5.72. The van der Waals surface area contributed by atoms with Crippen LogP contribution in [0.4, 0.5) is 0 Å². The Morgan fingerprint density at radius 2 is 2.14 bits per heavy atom. The molecule has 0 aromatic rings. The highest BCUT2D eigenvalue weighted by Crippen LogP contribution is 2.29. The van der Waals surface area contributed by atoms with E-state index >= 15 is 0 Å². The molecule has 0 bridgehead atoms. The molecule has 1 aliphatic carbocycles. The highest BCUT2D eigenvalue weighted by molar-refractivity contribution is 5.88. The van der Waals surface area contributed by atoms with Gasteiger partial charge in [0.15, 0.2) is 6.61 Å². The summed E-state index contributed by atoms with van der Waals surface area (Å²) in [4.78, 5) is 23.5. The van der Waals surface area contributed by atoms with Crippen molar-refractivity contribution < 1.29 is 23.8 Å². The number of amides is 1. The van der Waals surface area contributed by atoms with E-state index in [1.165, 1.54) is 12.7 Å². The van der Waals surface area contributed by atoms with Crippen molar-refractivity contribution >= 4 is 11.9 Å². The van der Waals surface area contributed by atoms with E-state index in [9.17, 15) is 9.59 Å². The minimum absolute atomic E-state index is 0.00806. The molecular weight excluding hydrogens is 274 g/mol. The number of nitrogens with one attached hydrogen (secondary N) is 1. The molecule has 1 amide bonds. The second kappa shape index (κ2) is 7.33. The molecule has 2 aliphatic rings. The van der Waals surface area contributed by atoms with Crippen LogP contribution in [0.15, 0.2) is 12.0 Å². The van der Waals surface area contributed by atoms with Gasteiger partial charge in [0.1, 0.15) is 19.5 Å². The number of carbonyl (C=O) groups is 2. The summed E-state index contributed by atoms with van der Waals surface area (Å²) in [5.74, 6) is 0.107. The Hall–Kier alpha value is -1.72. The Bertz CT molecular complexity index is 420. The van der Waals surface area contributed by atoms with Gasteiger partial charge in [-0.25, -0.2) is 4.79 Å². The van der Waals surface area contributed by atoms with Gasteiger partial charge >= 0.3 is 5.97 Å².